The van der Waals surface area contributed by atoms with Gasteiger partial charge in [0.25, 0.3) is 0 Å². The van der Waals surface area contributed by atoms with Crippen molar-refractivity contribution in [3.63, 3.8) is 0 Å². The molecule has 28 heavy (non-hydrogen) atoms. The minimum atomic E-state index is -3.48. The molecule has 2 heterocycles. The number of likely N-dealkylation sites (N-methyl/N-ethyl adjacent to an activating group) is 1. The van der Waals surface area contributed by atoms with Crippen molar-refractivity contribution in [1.29, 1.82) is 0 Å². The number of hydrogen-bond donors (Lipinski definition) is 3. The molecule has 2 aromatic rings. The maximum Gasteiger partial charge on any atom is 0.354 e. The molecular weight excluding hydrogens is 380 g/mol. The van der Waals surface area contributed by atoms with E-state index in [0.29, 0.717) is 19.0 Å². The Morgan fingerprint density at radius 1 is 1.32 bits per heavy atom. The van der Waals surface area contributed by atoms with Crippen molar-refractivity contribution < 1.29 is 13.7 Å². The van der Waals surface area contributed by atoms with Gasteiger partial charge in [-0.3, -0.25) is 0 Å². The number of benzene rings is 1. The number of amides is 2. The van der Waals surface area contributed by atoms with Crippen LogP contribution >= 0.6 is 0 Å². The number of nitrogens with one attached hydrogen (secondary N) is 2. The monoisotopic (exact) mass is 402 g/mol. The molecule has 0 saturated carbocycles. The second-order valence-electron chi connectivity index (χ2n) is 7.41. The van der Waals surface area contributed by atoms with Gasteiger partial charge in [0.2, 0.25) is 5.88 Å². The molecule has 2 aliphatic carbocycles. The minimum Gasteiger partial charge on any atom is -0.475 e. The number of carbonyl (C=O) groups excluding carboxylic acids is 1. The van der Waals surface area contributed by atoms with Gasteiger partial charge < -0.3 is 15.4 Å². The Labute approximate surface area is 162 Å². The summed E-state index contributed by atoms with van der Waals surface area (Å²) in [5, 5.41) is 16.1. The number of carbonyl (C=O) groups is 1. The predicted molar refractivity (Wildman–Crippen MR) is 104 cm³/mol. The fourth-order valence-electron chi connectivity index (χ4n) is 3.97. The fraction of sp³-hybridized carbons (Fsp3) is 0.444. The number of urea groups is 1. The summed E-state index contributed by atoms with van der Waals surface area (Å²) in [6.45, 7) is 0.967. The maximum absolute atomic E-state index is 13.0. The topological polar surface area (TPSA) is 124 Å². The molecule has 3 aliphatic rings. The Morgan fingerprint density at radius 2 is 2.04 bits per heavy atom. The number of hydrogen-bond acceptors (Lipinski definition) is 5. The number of nitrogens with two attached hydrogens (primary N) is 1. The third kappa shape index (κ3) is 2.71. The number of nitrogens with zero attached hydrogens (tertiary/aromatic N) is 3. The number of anilines is 1. The van der Waals surface area contributed by atoms with Gasteiger partial charge in [0, 0.05) is 5.69 Å². The van der Waals surface area contributed by atoms with Crippen molar-refractivity contribution >= 4 is 21.6 Å². The van der Waals surface area contributed by atoms with Gasteiger partial charge in [-0.05, 0) is 55.0 Å². The molecule has 9 nitrogen and oxygen atoms in total. The van der Waals surface area contributed by atoms with E-state index in [-0.39, 0.29) is 10.9 Å². The highest BCUT2D eigenvalue weighted by Crippen LogP contribution is 2.40. The average molecular weight is 402 g/mol. The molecule has 0 fully saturated rings. The van der Waals surface area contributed by atoms with Crippen LogP contribution in [0.15, 0.2) is 21.5 Å². The summed E-state index contributed by atoms with van der Waals surface area (Å²) < 4.78 is 24.0. The Bertz CT molecular complexity index is 1080. The van der Waals surface area contributed by atoms with Crippen LogP contribution in [0.1, 0.15) is 22.3 Å². The minimum absolute atomic E-state index is 0.101. The van der Waals surface area contributed by atoms with Crippen LogP contribution in [0.3, 0.4) is 0 Å². The molecule has 148 valence electrons. The lowest BCUT2D eigenvalue weighted by molar-refractivity contribution is 0.184. The van der Waals surface area contributed by atoms with E-state index >= 15 is 0 Å². The second-order valence-corrected chi connectivity index (χ2v) is 9.17. The Morgan fingerprint density at radius 3 is 2.64 bits per heavy atom. The summed E-state index contributed by atoms with van der Waals surface area (Å²) >= 11 is 0. The molecule has 5 rings (SSSR count). The first kappa shape index (κ1) is 17.7. The molecule has 0 radical (unpaired) electrons. The van der Waals surface area contributed by atoms with E-state index in [4.69, 9.17) is 9.88 Å². The van der Waals surface area contributed by atoms with Gasteiger partial charge in [0.1, 0.15) is 11.5 Å². The zero-order valence-electron chi connectivity index (χ0n) is 15.5. The highest BCUT2D eigenvalue weighted by molar-refractivity contribution is 7.91. The van der Waals surface area contributed by atoms with E-state index in [1.54, 1.807) is 4.68 Å². The molecule has 0 spiro atoms. The maximum atomic E-state index is 13.0. The molecule has 1 aliphatic heterocycles. The van der Waals surface area contributed by atoms with Crippen LogP contribution in [0.4, 0.5) is 10.5 Å². The average Bonchev–Trinajstić information content (AvgIpc) is 3.02. The molecule has 2 unspecified atom stereocenters. The zero-order chi connectivity index (χ0) is 19.5. The first-order valence-electron chi connectivity index (χ1n) is 9.34. The molecule has 10 heteroatoms. The molecule has 2 atom stereocenters. The Hall–Kier alpha value is -2.43. The number of rotatable bonds is 3. The van der Waals surface area contributed by atoms with Crippen molar-refractivity contribution in [3.8, 4) is 5.88 Å². The molecule has 4 N–H and O–H groups in total. The molecule has 1 aromatic carbocycles. The predicted octanol–water partition coefficient (Wildman–Crippen LogP) is 0.993. The third-order valence-corrected chi connectivity index (χ3v) is 7.11. The summed E-state index contributed by atoms with van der Waals surface area (Å²) in [6, 6.07) is 1.63. The van der Waals surface area contributed by atoms with Crippen molar-refractivity contribution in [2.45, 2.75) is 43.2 Å². The smallest absolute Gasteiger partial charge is 0.354 e. The fourth-order valence-corrected chi connectivity index (χ4v) is 4.98. The number of ether oxygens (including phenoxy) is 1. The van der Waals surface area contributed by atoms with Crippen molar-refractivity contribution in [1.82, 2.24) is 15.1 Å². The first-order valence-corrected chi connectivity index (χ1v) is 10.9. The summed E-state index contributed by atoms with van der Waals surface area (Å²) in [6.07, 6.45) is 5.31. The van der Waals surface area contributed by atoms with E-state index in [1.165, 1.54) is 17.3 Å². The number of aryl methyl sites for hydroxylation is 2. The first-order chi connectivity index (χ1) is 13.5. The summed E-state index contributed by atoms with van der Waals surface area (Å²) in [7, 11) is -1.64. The largest absolute Gasteiger partial charge is 0.475 e. The molecular formula is C18H22N6O3S. The van der Waals surface area contributed by atoms with Gasteiger partial charge in [0.15, 0.2) is 9.92 Å². The van der Waals surface area contributed by atoms with Crippen molar-refractivity contribution in [3.05, 3.63) is 34.5 Å². The highest BCUT2D eigenvalue weighted by atomic mass is 32.2. The Kier molecular flexibility index (Phi) is 3.97. The SMILES string of the molecule is CNC1COc2c(S(N)(=O)=NC(=O)Nc3c4c(cc5c3CC5)CC4)cnn2C1. The van der Waals surface area contributed by atoms with Crippen LogP contribution in [-0.2, 0) is 42.1 Å². The van der Waals surface area contributed by atoms with Gasteiger partial charge in [-0.1, -0.05) is 6.07 Å². The number of fused-ring (bicyclic) bond motifs is 3. The molecule has 0 bridgehead atoms. The number of aromatic nitrogens is 2. The lowest BCUT2D eigenvalue weighted by Gasteiger charge is -2.31. The van der Waals surface area contributed by atoms with Gasteiger partial charge in [0.05, 0.1) is 18.8 Å². The molecule has 0 saturated heterocycles. The van der Waals surface area contributed by atoms with Crippen LogP contribution in [-0.4, -0.2) is 39.7 Å². The summed E-state index contributed by atoms with van der Waals surface area (Å²) in [5.74, 6) is 0.309. The third-order valence-electron chi connectivity index (χ3n) is 5.76. The molecule has 2 amide bonds. The Balaban J connectivity index is 1.43. The summed E-state index contributed by atoms with van der Waals surface area (Å²) in [5.41, 5.74) is 5.71. The van der Waals surface area contributed by atoms with E-state index in [0.717, 1.165) is 42.5 Å². The van der Waals surface area contributed by atoms with Crippen LogP contribution < -0.4 is 20.5 Å². The zero-order valence-corrected chi connectivity index (χ0v) is 16.3. The summed E-state index contributed by atoms with van der Waals surface area (Å²) in [4.78, 5) is 12.7. The van der Waals surface area contributed by atoms with E-state index in [9.17, 15) is 9.00 Å². The molecule has 1 aromatic heterocycles. The van der Waals surface area contributed by atoms with Crippen LogP contribution in [0.25, 0.3) is 0 Å². The van der Waals surface area contributed by atoms with Crippen LogP contribution in [0, 0.1) is 0 Å². The van der Waals surface area contributed by atoms with Gasteiger partial charge in [-0.2, -0.15) is 5.10 Å². The van der Waals surface area contributed by atoms with Crippen LogP contribution in [0.5, 0.6) is 5.88 Å². The van der Waals surface area contributed by atoms with Crippen molar-refractivity contribution in [2.75, 3.05) is 19.0 Å². The lowest BCUT2D eigenvalue weighted by Crippen LogP contribution is -2.40. The van der Waals surface area contributed by atoms with Crippen LogP contribution in [0.2, 0.25) is 0 Å². The lowest BCUT2D eigenvalue weighted by atomic mass is 9.76. The van der Waals surface area contributed by atoms with E-state index in [1.807, 2.05) is 7.05 Å². The van der Waals surface area contributed by atoms with Gasteiger partial charge in [-0.15, -0.1) is 4.36 Å². The van der Waals surface area contributed by atoms with E-state index in [2.05, 4.69) is 26.2 Å². The van der Waals surface area contributed by atoms with Gasteiger partial charge in [-0.25, -0.2) is 18.8 Å². The van der Waals surface area contributed by atoms with Crippen molar-refractivity contribution in [2.24, 2.45) is 9.50 Å². The highest BCUT2D eigenvalue weighted by Gasteiger charge is 2.30. The second kappa shape index (κ2) is 6.29. The normalized spacial score (nSPS) is 21.0. The van der Waals surface area contributed by atoms with E-state index < -0.39 is 15.9 Å². The quantitative estimate of drug-likeness (QED) is 0.706. The standard InChI is InChI=1S/C18H22N6O3S/c1-20-12-8-24-17(27-9-12)15(7-21-24)28(19,26)23-18(25)22-16-13-4-2-10(13)6-11-3-5-14(11)16/h6-7,12,20H,2-5,8-9H2,1H3,(H3,19,22,23,25,26). The van der Waals surface area contributed by atoms with Gasteiger partial charge >= 0.3 is 6.03 Å².